The van der Waals surface area contributed by atoms with Crippen LogP contribution in [0.15, 0.2) is 0 Å². The maximum absolute atomic E-state index is 10.7. The maximum atomic E-state index is 10.7. The molecule has 4 saturated heterocycles. The minimum absolute atomic E-state index is 0.0968. The first-order valence-electron chi connectivity index (χ1n) is 5.93. The molecule has 2 bridgehead atoms. The van der Waals surface area contributed by atoms with Gasteiger partial charge in [-0.1, -0.05) is 0 Å². The average molecular weight is 210 g/mol. The van der Waals surface area contributed by atoms with Crippen LogP contribution >= 0.6 is 0 Å². The molecule has 0 saturated carbocycles. The van der Waals surface area contributed by atoms with E-state index in [9.17, 15) is 4.79 Å². The molecular weight excluding hydrogens is 192 g/mol. The molecule has 0 radical (unpaired) electrons. The second-order valence-corrected chi connectivity index (χ2v) is 5.19. The van der Waals surface area contributed by atoms with Gasteiger partial charge in [0.1, 0.15) is 0 Å². The van der Waals surface area contributed by atoms with Crippen molar-refractivity contribution in [1.82, 2.24) is 9.80 Å². The molecule has 1 unspecified atom stereocenters. The van der Waals surface area contributed by atoms with Crippen LogP contribution in [0.2, 0.25) is 0 Å². The number of hydrogen-bond donors (Lipinski definition) is 1. The molecule has 4 nitrogen and oxygen atoms in total. The van der Waals surface area contributed by atoms with Crippen LogP contribution in [0.5, 0.6) is 0 Å². The second kappa shape index (κ2) is 3.46. The lowest BCUT2D eigenvalue weighted by atomic mass is 9.81. The Morgan fingerprint density at radius 3 is 2.27 bits per heavy atom. The van der Waals surface area contributed by atoms with E-state index in [0.717, 1.165) is 19.0 Å². The summed E-state index contributed by atoms with van der Waals surface area (Å²) in [5, 5.41) is 8.84. The summed E-state index contributed by atoms with van der Waals surface area (Å²) >= 11 is 0. The van der Waals surface area contributed by atoms with E-state index in [-0.39, 0.29) is 5.92 Å². The van der Waals surface area contributed by atoms with Crippen LogP contribution in [-0.4, -0.2) is 59.6 Å². The fourth-order valence-electron chi connectivity index (χ4n) is 3.29. The van der Waals surface area contributed by atoms with Crippen molar-refractivity contribution in [3.63, 3.8) is 0 Å². The Morgan fingerprint density at radius 1 is 1.13 bits per heavy atom. The van der Waals surface area contributed by atoms with E-state index in [1.807, 2.05) is 0 Å². The summed E-state index contributed by atoms with van der Waals surface area (Å²) < 4.78 is 0. The molecule has 0 aromatic carbocycles. The summed E-state index contributed by atoms with van der Waals surface area (Å²) in [6.45, 7) is 5.26. The molecule has 0 aliphatic carbocycles. The molecule has 0 aromatic heterocycles. The van der Waals surface area contributed by atoms with Gasteiger partial charge < -0.3 is 10.0 Å². The predicted octanol–water partition coefficient (Wildman–Crippen LogP) is 0.0970. The molecule has 0 amide bonds. The van der Waals surface area contributed by atoms with Gasteiger partial charge in [-0.3, -0.25) is 9.69 Å². The highest BCUT2D eigenvalue weighted by molar-refractivity contribution is 5.71. The minimum atomic E-state index is -0.618. The van der Waals surface area contributed by atoms with Gasteiger partial charge in [0.05, 0.1) is 5.92 Å². The van der Waals surface area contributed by atoms with Crippen LogP contribution in [-0.2, 0) is 4.79 Å². The maximum Gasteiger partial charge on any atom is 0.309 e. The number of rotatable bonds is 2. The lowest BCUT2D eigenvalue weighted by Crippen LogP contribution is -2.64. The Morgan fingerprint density at radius 2 is 1.80 bits per heavy atom. The largest absolute Gasteiger partial charge is 0.481 e. The number of likely N-dealkylation sites (tertiary alicyclic amines) is 1. The number of aliphatic carboxylic acids is 1. The van der Waals surface area contributed by atoms with Gasteiger partial charge in [-0.05, 0) is 31.8 Å². The van der Waals surface area contributed by atoms with Gasteiger partial charge in [-0.2, -0.15) is 0 Å². The molecule has 4 rings (SSSR count). The van der Waals surface area contributed by atoms with E-state index in [0.29, 0.717) is 6.04 Å². The zero-order valence-electron chi connectivity index (χ0n) is 8.93. The highest BCUT2D eigenvalue weighted by Crippen LogP contribution is 2.34. The number of nitrogens with zero attached hydrogens (tertiary/aromatic N) is 2. The highest BCUT2D eigenvalue weighted by atomic mass is 16.4. The molecular formula is C11H18N2O2. The van der Waals surface area contributed by atoms with Crippen molar-refractivity contribution in [3.8, 4) is 0 Å². The molecule has 1 N–H and O–H groups in total. The summed E-state index contributed by atoms with van der Waals surface area (Å²) in [5.74, 6) is 0.123. The van der Waals surface area contributed by atoms with Crippen LogP contribution in [0.4, 0.5) is 0 Å². The third-order valence-corrected chi connectivity index (χ3v) is 4.35. The molecule has 4 aliphatic heterocycles. The zero-order valence-corrected chi connectivity index (χ0v) is 8.93. The van der Waals surface area contributed by atoms with Crippen molar-refractivity contribution in [2.75, 3.05) is 32.7 Å². The molecule has 4 aliphatic rings. The van der Waals surface area contributed by atoms with E-state index < -0.39 is 5.97 Å². The Balaban J connectivity index is 1.59. The fourth-order valence-corrected chi connectivity index (χ4v) is 3.29. The second-order valence-electron chi connectivity index (χ2n) is 5.19. The van der Waals surface area contributed by atoms with Crippen molar-refractivity contribution in [2.24, 2.45) is 11.8 Å². The van der Waals surface area contributed by atoms with Gasteiger partial charge >= 0.3 is 5.97 Å². The van der Waals surface area contributed by atoms with Crippen molar-refractivity contribution in [3.05, 3.63) is 0 Å². The monoisotopic (exact) mass is 210 g/mol. The standard InChI is InChI=1S/C11H18N2O2/c14-11(15)9-5-13(6-9)10-7-12-3-1-8(10)2-4-12/h8-10H,1-7H2,(H,14,15). The van der Waals surface area contributed by atoms with Crippen LogP contribution in [0.3, 0.4) is 0 Å². The van der Waals surface area contributed by atoms with E-state index >= 15 is 0 Å². The van der Waals surface area contributed by atoms with Crippen molar-refractivity contribution in [1.29, 1.82) is 0 Å². The van der Waals surface area contributed by atoms with Gasteiger partial charge in [0.25, 0.3) is 0 Å². The van der Waals surface area contributed by atoms with Gasteiger partial charge in [0.15, 0.2) is 0 Å². The molecule has 0 aromatic rings. The minimum Gasteiger partial charge on any atom is -0.481 e. The molecule has 4 heterocycles. The third-order valence-electron chi connectivity index (χ3n) is 4.35. The first-order chi connectivity index (χ1) is 7.24. The summed E-state index contributed by atoms with van der Waals surface area (Å²) in [7, 11) is 0. The zero-order chi connectivity index (χ0) is 10.4. The van der Waals surface area contributed by atoms with Crippen molar-refractivity contribution in [2.45, 2.75) is 18.9 Å². The van der Waals surface area contributed by atoms with Crippen LogP contribution in [0.25, 0.3) is 0 Å². The molecule has 1 atom stereocenters. The summed E-state index contributed by atoms with van der Waals surface area (Å²) in [4.78, 5) is 15.6. The van der Waals surface area contributed by atoms with Crippen molar-refractivity contribution >= 4 is 5.97 Å². The van der Waals surface area contributed by atoms with Gasteiger partial charge in [0, 0.05) is 25.7 Å². The number of piperidine rings is 3. The first-order valence-corrected chi connectivity index (χ1v) is 5.93. The van der Waals surface area contributed by atoms with Crippen LogP contribution < -0.4 is 0 Å². The summed E-state index contributed by atoms with van der Waals surface area (Å²) in [5.41, 5.74) is 0. The lowest BCUT2D eigenvalue weighted by Gasteiger charge is -2.53. The van der Waals surface area contributed by atoms with Crippen LogP contribution in [0, 0.1) is 11.8 Å². The average Bonchev–Trinajstić information content (AvgIpc) is 2.16. The van der Waals surface area contributed by atoms with Crippen molar-refractivity contribution < 1.29 is 9.90 Å². The number of fused-ring (bicyclic) bond motifs is 3. The van der Waals surface area contributed by atoms with Gasteiger partial charge in [0.2, 0.25) is 0 Å². The third kappa shape index (κ3) is 1.56. The Bertz CT molecular complexity index is 268. The summed E-state index contributed by atoms with van der Waals surface area (Å²) in [6, 6.07) is 0.656. The molecule has 84 valence electrons. The van der Waals surface area contributed by atoms with E-state index in [2.05, 4.69) is 9.80 Å². The highest BCUT2D eigenvalue weighted by Gasteiger charge is 2.43. The molecule has 4 heteroatoms. The van der Waals surface area contributed by atoms with E-state index in [1.54, 1.807) is 0 Å². The molecule has 4 fully saturated rings. The van der Waals surface area contributed by atoms with Gasteiger partial charge in [-0.15, -0.1) is 0 Å². The quantitative estimate of drug-likeness (QED) is 0.702. The smallest absolute Gasteiger partial charge is 0.309 e. The predicted molar refractivity (Wildman–Crippen MR) is 55.7 cm³/mol. The van der Waals surface area contributed by atoms with E-state index in [1.165, 1.54) is 32.5 Å². The number of carbonyl (C=O) groups is 1. The topological polar surface area (TPSA) is 43.8 Å². The summed E-state index contributed by atoms with van der Waals surface area (Å²) in [6.07, 6.45) is 2.64. The Labute approximate surface area is 89.8 Å². The van der Waals surface area contributed by atoms with E-state index in [4.69, 9.17) is 5.11 Å². The number of hydrogen-bond acceptors (Lipinski definition) is 3. The first kappa shape index (κ1) is 9.60. The normalized spacial score (nSPS) is 41.5. The van der Waals surface area contributed by atoms with Crippen LogP contribution in [0.1, 0.15) is 12.8 Å². The number of carboxylic acid groups (broad SMARTS) is 1. The fraction of sp³-hybridized carbons (Fsp3) is 0.909. The molecule has 15 heavy (non-hydrogen) atoms. The Kier molecular flexibility index (Phi) is 2.21. The molecule has 0 spiro atoms. The number of carboxylic acids is 1. The lowest BCUT2D eigenvalue weighted by molar-refractivity contribution is -0.151. The van der Waals surface area contributed by atoms with Gasteiger partial charge in [-0.25, -0.2) is 0 Å². The Hall–Kier alpha value is -0.610. The SMILES string of the molecule is O=C(O)C1CN(C2CN3CCC2CC3)C1.